The summed E-state index contributed by atoms with van der Waals surface area (Å²) >= 11 is 5.20. The molecule has 3 rings (SSSR count). The molecule has 7 heteroatoms. The molecule has 2 N–H and O–H groups in total. The first-order valence-corrected chi connectivity index (χ1v) is 9.36. The van der Waals surface area contributed by atoms with E-state index in [2.05, 4.69) is 34.9 Å². The zero-order chi connectivity index (χ0) is 19.8. The van der Waals surface area contributed by atoms with Gasteiger partial charge >= 0.3 is 0 Å². The summed E-state index contributed by atoms with van der Waals surface area (Å²) in [6, 6.07) is 18.2. The topological polar surface area (TPSA) is 63.5 Å². The second-order valence-corrected chi connectivity index (χ2v) is 6.61. The van der Waals surface area contributed by atoms with Crippen LogP contribution in [0, 0.1) is 6.92 Å². The molecular formula is C21H23N5OS. The van der Waals surface area contributed by atoms with E-state index in [1.165, 1.54) is 5.56 Å². The van der Waals surface area contributed by atoms with Crippen molar-refractivity contribution < 1.29 is 4.74 Å². The smallest absolute Gasteiger partial charge is 0.187 e. The van der Waals surface area contributed by atoms with E-state index >= 15 is 0 Å². The van der Waals surface area contributed by atoms with Crippen molar-refractivity contribution in [2.75, 3.05) is 20.3 Å². The maximum Gasteiger partial charge on any atom is 0.187 e. The van der Waals surface area contributed by atoms with Crippen molar-refractivity contribution in [3.8, 4) is 16.9 Å². The molecule has 0 aliphatic rings. The van der Waals surface area contributed by atoms with Crippen LogP contribution in [0.4, 0.5) is 0 Å². The number of benzene rings is 2. The zero-order valence-electron chi connectivity index (χ0n) is 15.9. The molecule has 0 saturated heterocycles. The van der Waals surface area contributed by atoms with E-state index in [-0.39, 0.29) is 0 Å². The number of ether oxygens (including phenoxy) is 1. The molecule has 0 spiro atoms. The van der Waals surface area contributed by atoms with Gasteiger partial charge in [0.25, 0.3) is 0 Å². The summed E-state index contributed by atoms with van der Waals surface area (Å²) in [6.45, 7) is 3.27. The summed E-state index contributed by atoms with van der Waals surface area (Å²) in [5.41, 5.74) is 7.78. The second kappa shape index (κ2) is 9.77. The highest BCUT2D eigenvalue weighted by Gasteiger charge is 2.11. The van der Waals surface area contributed by atoms with Crippen LogP contribution in [0.2, 0.25) is 0 Å². The quantitative estimate of drug-likeness (QED) is 0.279. The van der Waals surface area contributed by atoms with Gasteiger partial charge in [-0.1, -0.05) is 42.0 Å². The van der Waals surface area contributed by atoms with Crippen molar-refractivity contribution in [1.82, 2.24) is 20.5 Å². The Kier molecular flexibility index (Phi) is 6.89. The standard InChI is InChI=1S/C21H23N5OS/c1-16-7-6-8-17(13-16)20-18(14-23-24-21(28)22-11-12-27-2)15-26(25-20)19-9-4-3-5-10-19/h3-10,13-15H,11-12H2,1-2H3,(H2,22,24,28)/b23-14-. The van der Waals surface area contributed by atoms with Gasteiger partial charge in [0.2, 0.25) is 0 Å². The van der Waals surface area contributed by atoms with E-state index < -0.39 is 0 Å². The van der Waals surface area contributed by atoms with Crippen LogP contribution >= 0.6 is 12.2 Å². The first kappa shape index (κ1) is 19.7. The number of nitrogens with one attached hydrogen (secondary N) is 2. The van der Waals surface area contributed by atoms with Crippen LogP contribution in [0.25, 0.3) is 16.9 Å². The molecule has 0 atom stereocenters. The number of thiocarbonyl (C=S) groups is 1. The average Bonchev–Trinajstić information content (AvgIpc) is 3.13. The Balaban J connectivity index is 1.85. The van der Waals surface area contributed by atoms with Gasteiger partial charge in [-0.3, -0.25) is 5.43 Å². The van der Waals surface area contributed by atoms with Gasteiger partial charge in [-0.05, 0) is 37.3 Å². The lowest BCUT2D eigenvalue weighted by Gasteiger charge is -2.05. The van der Waals surface area contributed by atoms with Gasteiger partial charge in [0.1, 0.15) is 5.69 Å². The Morgan fingerprint density at radius 1 is 1.21 bits per heavy atom. The van der Waals surface area contributed by atoms with Crippen molar-refractivity contribution in [3.05, 3.63) is 71.9 Å². The maximum atomic E-state index is 5.20. The molecule has 0 unspecified atom stereocenters. The number of nitrogens with zero attached hydrogens (tertiary/aromatic N) is 3. The van der Waals surface area contributed by atoms with Gasteiger partial charge in [0.15, 0.2) is 5.11 Å². The highest BCUT2D eigenvalue weighted by Crippen LogP contribution is 2.23. The fraction of sp³-hybridized carbons (Fsp3) is 0.190. The SMILES string of the molecule is COCCNC(=S)N/N=C\c1cn(-c2ccccc2)nc1-c1cccc(C)c1. The predicted molar refractivity (Wildman–Crippen MR) is 117 cm³/mol. The molecule has 0 fully saturated rings. The lowest BCUT2D eigenvalue weighted by molar-refractivity contribution is 0.204. The number of methoxy groups -OCH3 is 1. The molecule has 0 amide bonds. The molecular weight excluding hydrogens is 370 g/mol. The molecule has 1 aromatic heterocycles. The van der Waals surface area contributed by atoms with Crippen LogP contribution in [0.3, 0.4) is 0 Å². The van der Waals surface area contributed by atoms with Gasteiger partial charge in [-0.15, -0.1) is 0 Å². The first-order valence-electron chi connectivity index (χ1n) is 8.95. The summed E-state index contributed by atoms with van der Waals surface area (Å²) in [6.07, 6.45) is 3.69. The average molecular weight is 394 g/mol. The molecule has 0 bridgehead atoms. The molecule has 6 nitrogen and oxygen atoms in total. The third kappa shape index (κ3) is 5.25. The molecule has 1 heterocycles. The van der Waals surface area contributed by atoms with Crippen LogP contribution in [0.1, 0.15) is 11.1 Å². The number of hydrogen-bond donors (Lipinski definition) is 2. The lowest BCUT2D eigenvalue weighted by atomic mass is 10.1. The Morgan fingerprint density at radius 2 is 2.04 bits per heavy atom. The minimum absolute atomic E-state index is 0.445. The third-order valence-electron chi connectivity index (χ3n) is 4.02. The predicted octanol–water partition coefficient (Wildman–Crippen LogP) is 3.29. The lowest BCUT2D eigenvalue weighted by Crippen LogP contribution is -2.34. The van der Waals surface area contributed by atoms with E-state index in [9.17, 15) is 0 Å². The first-order chi connectivity index (χ1) is 13.7. The molecule has 2 aromatic carbocycles. The van der Waals surface area contributed by atoms with E-state index in [0.717, 1.165) is 22.5 Å². The molecule has 144 valence electrons. The van der Waals surface area contributed by atoms with E-state index in [1.54, 1.807) is 13.3 Å². The number of rotatable bonds is 7. The minimum atomic E-state index is 0.445. The number of hydrazone groups is 1. The third-order valence-corrected chi connectivity index (χ3v) is 4.25. The van der Waals surface area contributed by atoms with E-state index in [1.807, 2.05) is 53.3 Å². The highest BCUT2D eigenvalue weighted by atomic mass is 32.1. The number of para-hydroxylation sites is 1. The van der Waals surface area contributed by atoms with Crippen LogP contribution in [0.15, 0.2) is 65.9 Å². The Morgan fingerprint density at radius 3 is 2.79 bits per heavy atom. The van der Waals surface area contributed by atoms with Gasteiger partial charge in [0.05, 0.1) is 18.5 Å². The summed E-state index contributed by atoms with van der Waals surface area (Å²) in [5, 5.41) is 12.5. The Hall–Kier alpha value is -3.03. The van der Waals surface area contributed by atoms with Crippen LogP contribution in [-0.2, 0) is 4.74 Å². The van der Waals surface area contributed by atoms with Crippen molar-refractivity contribution >= 4 is 23.5 Å². The fourth-order valence-corrected chi connectivity index (χ4v) is 2.83. The van der Waals surface area contributed by atoms with Crippen molar-refractivity contribution in [1.29, 1.82) is 0 Å². The number of hydrogen-bond acceptors (Lipinski definition) is 4. The van der Waals surface area contributed by atoms with Gasteiger partial charge in [-0.25, -0.2) is 4.68 Å². The monoisotopic (exact) mass is 393 g/mol. The molecule has 0 saturated carbocycles. The molecule has 0 aliphatic carbocycles. The Bertz CT molecular complexity index is 952. The zero-order valence-corrected chi connectivity index (χ0v) is 16.7. The highest BCUT2D eigenvalue weighted by molar-refractivity contribution is 7.80. The summed E-state index contributed by atoms with van der Waals surface area (Å²) in [5.74, 6) is 0. The van der Waals surface area contributed by atoms with Crippen LogP contribution < -0.4 is 10.7 Å². The number of aryl methyl sites for hydroxylation is 1. The van der Waals surface area contributed by atoms with Gasteiger partial charge in [-0.2, -0.15) is 10.2 Å². The van der Waals surface area contributed by atoms with E-state index in [4.69, 9.17) is 22.1 Å². The molecule has 0 radical (unpaired) electrons. The van der Waals surface area contributed by atoms with Gasteiger partial charge in [0, 0.05) is 31.0 Å². The molecule has 28 heavy (non-hydrogen) atoms. The maximum absolute atomic E-state index is 5.20. The van der Waals surface area contributed by atoms with Crippen molar-refractivity contribution in [2.45, 2.75) is 6.92 Å². The summed E-state index contributed by atoms with van der Waals surface area (Å²) < 4.78 is 6.84. The minimum Gasteiger partial charge on any atom is -0.383 e. The largest absolute Gasteiger partial charge is 0.383 e. The van der Waals surface area contributed by atoms with Crippen LogP contribution in [0.5, 0.6) is 0 Å². The second-order valence-electron chi connectivity index (χ2n) is 6.20. The Labute approximate surface area is 170 Å². The summed E-state index contributed by atoms with van der Waals surface area (Å²) in [7, 11) is 1.65. The van der Waals surface area contributed by atoms with Crippen LogP contribution in [-0.4, -0.2) is 41.4 Å². The van der Waals surface area contributed by atoms with E-state index in [0.29, 0.717) is 18.3 Å². The number of aromatic nitrogens is 2. The van der Waals surface area contributed by atoms with Crippen molar-refractivity contribution in [3.63, 3.8) is 0 Å². The van der Waals surface area contributed by atoms with Crippen molar-refractivity contribution in [2.24, 2.45) is 5.10 Å². The van der Waals surface area contributed by atoms with Gasteiger partial charge < -0.3 is 10.1 Å². The molecule has 0 aliphatic heterocycles. The normalized spacial score (nSPS) is 10.9. The fourth-order valence-electron chi connectivity index (χ4n) is 2.68. The summed E-state index contributed by atoms with van der Waals surface area (Å²) in [4.78, 5) is 0. The molecule has 3 aromatic rings.